The second kappa shape index (κ2) is 6.25. The zero-order valence-electron chi connectivity index (χ0n) is 12.5. The number of carbonyl (C=O) groups excluding carboxylic acids is 1. The Morgan fingerprint density at radius 3 is 2.53 bits per heavy atom. The van der Waals surface area contributed by atoms with Crippen molar-refractivity contribution in [3.8, 4) is 0 Å². The van der Waals surface area contributed by atoms with E-state index in [0.29, 0.717) is 5.92 Å². The maximum atomic E-state index is 12.3. The van der Waals surface area contributed by atoms with Gasteiger partial charge in [0.1, 0.15) is 11.6 Å². The van der Waals surface area contributed by atoms with Crippen molar-refractivity contribution in [1.82, 2.24) is 0 Å². The lowest BCUT2D eigenvalue weighted by atomic mass is 9.76. The van der Waals surface area contributed by atoms with Gasteiger partial charge in [-0.3, -0.25) is 4.79 Å². The minimum atomic E-state index is -0.702. The lowest BCUT2D eigenvalue weighted by molar-refractivity contribution is -0.159. The summed E-state index contributed by atoms with van der Waals surface area (Å²) in [6, 6.07) is 0. The van der Waals surface area contributed by atoms with Crippen LogP contribution in [0.3, 0.4) is 0 Å². The van der Waals surface area contributed by atoms with Crippen LogP contribution in [-0.4, -0.2) is 17.6 Å². The van der Waals surface area contributed by atoms with Crippen molar-refractivity contribution >= 4 is 5.97 Å². The standard InChI is InChI=1S/C16H29NO2/c1-3-13-7-9-16(17,10-8-13)15(18)19-14-6-4-5-12(2)11-14/h12-14H,3-11,17H2,1-2H3. The van der Waals surface area contributed by atoms with Gasteiger partial charge in [0.25, 0.3) is 0 Å². The largest absolute Gasteiger partial charge is 0.461 e. The second-order valence-electron chi connectivity index (χ2n) is 6.81. The molecule has 2 unspecified atom stereocenters. The molecular weight excluding hydrogens is 238 g/mol. The van der Waals surface area contributed by atoms with Crippen molar-refractivity contribution in [1.29, 1.82) is 0 Å². The SMILES string of the molecule is CCC1CCC(N)(C(=O)OC2CCCC(C)C2)CC1. The Labute approximate surface area is 117 Å². The molecule has 2 N–H and O–H groups in total. The van der Waals surface area contributed by atoms with Gasteiger partial charge in [0.15, 0.2) is 0 Å². The highest BCUT2D eigenvalue weighted by Crippen LogP contribution is 2.34. The highest BCUT2D eigenvalue weighted by molar-refractivity contribution is 5.80. The first-order valence-corrected chi connectivity index (χ1v) is 8.03. The van der Waals surface area contributed by atoms with Gasteiger partial charge in [0.05, 0.1) is 0 Å². The van der Waals surface area contributed by atoms with Gasteiger partial charge >= 0.3 is 5.97 Å². The molecular formula is C16H29NO2. The van der Waals surface area contributed by atoms with Crippen molar-refractivity contribution in [2.24, 2.45) is 17.6 Å². The van der Waals surface area contributed by atoms with Crippen molar-refractivity contribution in [2.45, 2.75) is 83.3 Å². The summed E-state index contributed by atoms with van der Waals surface area (Å²) >= 11 is 0. The average molecular weight is 267 g/mol. The Bertz CT molecular complexity index is 308. The molecule has 19 heavy (non-hydrogen) atoms. The number of hydrogen-bond donors (Lipinski definition) is 1. The molecule has 0 radical (unpaired) electrons. The van der Waals surface area contributed by atoms with Crippen LogP contribution in [0.25, 0.3) is 0 Å². The van der Waals surface area contributed by atoms with E-state index in [4.69, 9.17) is 10.5 Å². The van der Waals surface area contributed by atoms with Gasteiger partial charge in [-0.2, -0.15) is 0 Å². The van der Waals surface area contributed by atoms with Gasteiger partial charge in [-0.25, -0.2) is 0 Å². The molecule has 110 valence electrons. The summed E-state index contributed by atoms with van der Waals surface area (Å²) in [4.78, 5) is 12.3. The van der Waals surface area contributed by atoms with Crippen molar-refractivity contribution in [3.05, 3.63) is 0 Å². The molecule has 0 saturated heterocycles. The quantitative estimate of drug-likeness (QED) is 0.797. The molecule has 2 atom stereocenters. The van der Waals surface area contributed by atoms with E-state index in [1.807, 2.05) is 0 Å². The number of ether oxygens (including phenoxy) is 1. The van der Waals surface area contributed by atoms with Crippen LogP contribution >= 0.6 is 0 Å². The predicted molar refractivity (Wildman–Crippen MR) is 76.7 cm³/mol. The zero-order valence-corrected chi connectivity index (χ0v) is 12.5. The van der Waals surface area contributed by atoms with Gasteiger partial charge in [-0.1, -0.05) is 26.7 Å². The lowest BCUT2D eigenvalue weighted by Gasteiger charge is -2.36. The molecule has 0 aliphatic heterocycles. The molecule has 2 saturated carbocycles. The molecule has 3 heteroatoms. The molecule has 2 aliphatic carbocycles. The molecule has 0 amide bonds. The Kier molecular flexibility index (Phi) is 4.88. The third-order valence-corrected chi connectivity index (χ3v) is 5.14. The summed E-state index contributed by atoms with van der Waals surface area (Å²) in [5.74, 6) is 1.29. The van der Waals surface area contributed by atoms with Crippen LogP contribution in [0.4, 0.5) is 0 Å². The maximum Gasteiger partial charge on any atom is 0.326 e. The van der Waals surface area contributed by atoms with Crippen LogP contribution in [-0.2, 0) is 9.53 Å². The van der Waals surface area contributed by atoms with E-state index >= 15 is 0 Å². The van der Waals surface area contributed by atoms with Crippen LogP contribution in [0.15, 0.2) is 0 Å². The predicted octanol–water partition coefficient (Wildman–Crippen LogP) is 3.41. The lowest BCUT2D eigenvalue weighted by Crippen LogP contribution is -2.52. The molecule has 0 aromatic heterocycles. The average Bonchev–Trinajstić information content (AvgIpc) is 2.39. The van der Waals surface area contributed by atoms with Gasteiger partial charge < -0.3 is 10.5 Å². The van der Waals surface area contributed by atoms with E-state index < -0.39 is 5.54 Å². The van der Waals surface area contributed by atoms with E-state index in [2.05, 4.69) is 13.8 Å². The third kappa shape index (κ3) is 3.71. The molecule has 0 aromatic carbocycles. The van der Waals surface area contributed by atoms with E-state index in [1.165, 1.54) is 19.3 Å². The molecule has 0 heterocycles. The smallest absolute Gasteiger partial charge is 0.326 e. The summed E-state index contributed by atoms with van der Waals surface area (Å²) in [6.45, 7) is 4.46. The van der Waals surface area contributed by atoms with Gasteiger partial charge in [0.2, 0.25) is 0 Å². The summed E-state index contributed by atoms with van der Waals surface area (Å²) in [5, 5.41) is 0. The molecule has 2 aliphatic rings. The number of carbonyl (C=O) groups is 1. The fraction of sp³-hybridized carbons (Fsp3) is 0.938. The first-order valence-electron chi connectivity index (χ1n) is 8.03. The van der Waals surface area contributed by atoms with E-state index in [1.54, 1.807) is 0 Å². The molecule has 0 aromatic rings. The first-order chi connectivity index (χ1) is 9.03. The van der Waals surface area contributed by atoms with E-state index in [0.717, 1.165) is 44.4 Å². The fourth-order valence-corrected chi connectivity index (χ4v) is 3.56. The van der Waals surface area contributed by atoms with Crippen LogP contribution in [0, 0.1) is 11.8 Å². The molecule has 3 nitrogen and oxygen atoms in total. The van der Waals surface area contributed by atoms with Gasteiger partial charge in [-0.05, 0) is 56.8 Å². The van der Waals surface area contributed by atoms with E-state index in [9.17, 15) is 4.79 Å². The monoisotopic (exact) mass is 267 g/mol. The second-order valence-corrected chi connectivity index (χ2v) is 6.81. The van der Waals surface area contributed by atoms with Crippen molar-refractivity contribution < 1.29 is 9.53 Å². The van der Waals surface area contributed by atoms with Gasteiger partial charge in [0, 0.05) is 0 Å². The number of rotatable bonds is 3. The van der Waals surface area contributed by atoms with Crippen LogP contribution < -0.4 is 5.73 Å². The number of hydrogen-bond acceptors (Lipinski definition) is 3. The summed E-state index contributed by atoms with van der Waals surface area (Å²) in [6.07, 6.45) is 9.52. The Morgan fingerprint density at radius 2 is 1.95 bits per heavy atom. The highest BCUT2D eigenvalue weighted by Gasteiger charge is 2.40. The van der Waals surface area contributed by atoms with Crippen molar-refractivity contribution in [3.63, 3.8) is 0 Å². The Morgan fingerprint density at radius 1 is 1.26 bits per heavy atom. The summed E-state index contributed by atoms with van der Waals surface area (Å²) in [5.41, 5.74) is 5.59. The molecule has 0 spiro atoms. The normalized spacial score (nSPS) is 39.8. The fourth-order valence-electron chi connectivity index (χ4n) is 3.56. The molecule has 2 fully saturated rings. The summed E-state index contributed by atoms with van der Waals surface area (Å²) in [7, 11) is 0. The topological polar surface area (TPSA) is 52.3 Å². The Hall–Kier alpha value is -0.570. The zero-order chi connectivity index (χ0) is 13.9. The minimum absolute atomic E-state index is 0.112. The van der Waals surface area contributed by atoms with E-state index in [-0.39, 0.29) is 12.1 Å². The van der Waals surface area contributed by atoms with Crippen molar-refractivity contribution in [2.75, 3.05) is 0 Å². The Balaban J connectivity index is 1.85. The van der Waals surface area contributed by atoms with Crippen LogP contribution in [0.1, 0.15) is 71.6 Å². The molecule has 2 rings (SSSR count). The number of nitrogens with two attached hydrogens (primary N) is 1. The highest BCUT2D eigenvalue weighted by atomic mass is 16.5. The third-order valence-electron chi connectivity index (χ3n) is 5.14. The first kappa shape index (κ1) is 14.8. The molecule has 0 bridgehead atoms. The van der Waals surface area contributed by atoms with Gasteiger partial charge in [-0.15, -0.1) is 0 Å². The maximum absolute atomic E-state index is 12.3. The van der Waals surface area contributed by atoms with Crippen LogP contribution in [0.5, 0.6) is 0 Å². The van der Waals surface area contributed by atoms with Crippen LogP contribution in [0.2, 0.25) is 0 Å². The minimum Gasteiger partial charge on any atom is -0.461 e. The number of esters is 1. The summed E-state index contributed by atoms with van der Waals surface area (Å²) < 4.78 is 5.71.